The van der Waals surface area contributed by atoms with Crippen molar-refractivity contribution in [2.24, 2.45) is 0 Å². The maximum absolute atomic E-state index is 12.2. The van der Waals surface area contributed by atoms with E-state index in [1.165, 1.54) is 0 Å². The molecule has 0 unspecified atom stereocenters. The number of nitrogens with zero attached hydrogens (tertiary/aromatic N) is 2. The third-order valence-electron chi connectivity index (χ3n) is 3.21. The molecule has 0 bridgehead atoms. The predicted octanol–water partition coefficient (Wildman–Crippen LogP) is 2.87. The van der Waals surface area contributed by atoms with Gasteiger partial charge < -0.3 is 4.74 Å². The summed E-state index contributed by atoms with van der Waals surface area (Å²) in [7, 11) is 1.63. The summed E-state index contributed by atoms with van der Waals surface area (Å²) in [5.74, 6) is 1.41. The van der Waals surface area contributed by atoms with E-state index in [1.807, 2.05) is 41.3 Å². The van der Waals surface area contributed by atoms with E-state index in [0.717, 1.165) is 17.0 Å². The van der Waals surface area contributed by atoms with Crippen molar-refractivity contribution < 1.29 is 9.53 Å². The number of methoxy groups -OCH3 is 1. The van der Waals surface area contributed by atoms with Gasteiger partial charge in [-0.25, -0.2) is 0 Å². The summed E-state index contributed by atoms with van der Waals surface area (Å²) in [6.45, 7) is 0. The topological polar surface area (TPSA) is 42.4 Å². The van der Waals surface area contributed by atoms with Crippen molar-refractivity contribution in [2.75, 3.05) is 17.8 Å². The van der Waals surface area contributed by atoms with Crippen LogP contribution in [-0.2, 0) is 4.79 Å². The minimum atomic E-state index is 0.0129. The van der Waals surface area contributed by atoms with Gasteiger partial charge in [0, 0.05) is 18.1 Å². The first-order valence-electron chi connectivity index (χ1n) is 6.27. The number of thioether (sulfide) groups is 1. The summed E-state index contributed by atoms with van der Waals surface area (Å²) in [6, 6.07) is 11.5. The molecule has 1 aliphatic heterocycles. The van der Waals surface area contributed by atoms with Crippen LogP contribution in [0.2, 0.25) is 0 Å². The number of carbonyl (C=O) groups is 1. The second-order valence-electron chi connectivity index (χ2n) is 4.41. The largest absolute Gasteiger partial charge is 0.497 e. The van der Waals surface area contributed by atoms with E-state index in [2.05, 4.69) is 4.98 Å². The molecule has 1 aromatic carbocycles. The molecule has 2 heterocycles. The minimum absolute atomic E-state index is 0.0129. The monoisotopic (exact) mass is 286 g/mol. The van der Waals surface area contributed by atoms with Gasteiger partial charge >= 0.3 is 0 Å². The molecule has 20 heavy (non-hydrogen) atoms. The third-order valence-corrected chi connectivity index (χ3v) is 4.42. The molecule has 1 fully saturated rings. The third kappa shape index (κ3) is 2.36. The second kappa shape index (κ2) is 5.54. The molecule has 5 heteroatoms. The van der Waals surface area contributed by atoms with Crippen LogP contribution in [0.5, 0.6) is 5.75 Å². The second-order valence-corrected chi connectivity index (χ2v) is 5.47. The first-order chi connectivity index (χ1) is 9.79. The van der Waals surface area contributed by atoms with E-state index in [4.69, 9.17) is 4.74 Å². The zero-order valence-electron chi connectivity index (χ0n) is 11.0. The van der Waals surface area contributed by atoms with Gasteiger partial charge in [-0.05, 0) is 42.0 Å². The molecular formula is C15H14N2O2S. The van der Waals surface area contributed by atoms with E-state index >= 15 is 0 Å². The van der Waals surface area contributed by atoms with Gasteiger partial charge in [-0.15, -0.1) is 11.8 Å². The summed E-state index contributed by atoms with van der Waals surface area (Å²) in [5, 5.41) is 0.0129. The van der Waals surface area contributed by atoms with Crippen LogP contribution in [0.15, 0.2) is 48.8 Å². The molecule has 4 nitrogen and oxygen atoms in total. The van der Waals surface area contributed by atoms with Crippen molar-refractivity contribution in [3.05, 3.63) is 54.4 Å². The molecule has 1 aromatic heterocycles. The average Bonchev–Trinajstić information content (AvgIpc) is 2.90. The molecule has 0 saturated carbocycles. The van der Waals surface area contributed by atoms with Crippen LogP contribution in [-0.4, -0.2) is 23.8 Å². The molecule has 1 aliphatic rings. The maximum Gasteiger partial charge on any atom is 0.238 e. The van der Waals surface area contributed by atoms with Crippen molar-refractivity contribution in [1.82, 2.24) is 4.98 Å². The SMILES string of the molecule is COc1ccc(N2C(=O)CS[C@@H]2c2ccncc2)cc1. The number of benzene rings is 1. The van der Waals surface area contributed by atoms with Crippen LogP contribution in [0.4, 0.5) is 5.69 Å². The number of hydrogen-bond donors (Lipinski definition) is 0. The normalized spacial score (nSPS) is 18.4. The fraction of sp³-hybridized carbons (Fsp3) is 0.200. The highest BCUT2D eigenvalue weighted by atomic mass is 32.2. The number of rotatable bonds is 3. The lowest BCUT2D eigenvalue weighted by atomic mass is 10.2. The summed E-state index contributed by atoms with van der Waals surface area (Å²) in [6.07, 6.45) is 3.51. The van der Waals surface area contributed by atoms with Crippen LogP contribution in [0.1, 0.15) is 10.9 Å². The van der Waals surface area contributed by atoms with Gasteiger partial charge in [0.15, 0.2) is 0 Å². The molecule has 0 radical (unpaired) electrons. The summed E-state index contributed by atoms with van der Waals surface area (Å²) in [5.41, 5.74) is 1.98. The van der Waals surface area contributed by atoms with Crippen LogP contribution in [0.3, 0.4) is 0 Å². The Hall–Kier alpha value is -2.01. The summed E-state index contributed by atoms with van der Waals surface area (Å²) < 4.78 is 5.15. The van der Waals surface area contributed by atoms with Crippen LogP contribution in [0.25, 0.3) is 0 Å². The highest BCUT2D eigenvalue weighted by Gasteiger charge is 2.33. The molecule has 1 atom stereocenters. The van der Waals surface area contributed by atoms with Crippen molar-refractivity contribution >= 4 is 23.4 Å². The quantitative estimate of drug-likeness (QED) is 0.870. The van der Waals surface area contributed by atoms with Gasteiger partial charge in [-0.1, -0.05) is 0 Å². The van der Waals surface area contributed by atoms with Gasteiger partial charge in [0.25, 0.3) is 0 Å². The van der Waals surface area contributed by atoms with Crippen molar-refractivity contribution in [1.29, 1.82) is 0 Å². The van der Waals surface area contributed by atoms with Crippen molar-refractivity contribution in [2.45, 2.75) is 5.37 Å². The fourth-order valence-electron chi connectivity index (χ4n) is 2.22. The number of anilines is 1. The lowest BCUT2D eigenvalue weighted by Gasteiger charge is -2.24. The van der Waals surface area contributed by atoms with E-state index in [0.29, 0.717) is 5.75 Å². The number of ether oxygens (including phenoxy) is 1. The van der Waals surface area contributed by atoms with Crippen LogP contribution >= 0.6 is 11.8 Å². The number of aromatic nitrogens is 1. The van der Waals surface area contributed by atoms with E-state index in [1.54, 1.807) is 31.3 Å². The lowest BCUT2D eigenvalue weighted by Crippen LogP contribution is -2.27. The fourth-order valence-corrected chi connectivity index (χ4v) is 3.40. The van der Waals surface area contributed by atoms with Crippen LogP contribution < -0.4 is 9.64 Å². The highest BCUT2D eigenvalue weighted by molar-refractivity contribution is 8.00. The average molecular weight is 286 g/mol. The number of carbonyl (C=O) groups excluding carboxylic acids is 1. The number of amides is 1. The Morgan fingerprint density at radius 2 is 1.90 bits per heavy atom. The zero-order chi connectivity index (χ0) is 13.9. The summed E-state index contributed by atoms with van der Waals surface area (Å²) >= 11 is 1.63. The molecule has 2 aromatic rings. The maximum atomic E-state index is 12.2. The van der Waals surface area contributed by atoms with E-state index in [9.17, 15) is 4.79 Å². The number of pyridine rings is 1. The Labute approximate surface area is 121 Å². The molecule has 0 N–H and O–H groups in total. The van der Waals surface area contributed by atoms with Gasteiger partial charge in [-0.3, -0.25) is 14.7 Å². The Morgan fingerprint density at radius 1 is 1.20 bits per heavy atom. The molecule has 0 aliphatic carbocycles. The van der Waals surface area contributed by atoms with Crippen molar-refractivity contribution in [3.8, 4) is 5.75 Å². The Kier molecular flexibility index (Phi) is 3.60. The standard InChI is InChI=1S/C15H14N2O2S/c1-19-13-4-2-12(3-5-13)17-14(18)10-20-15(17)11-6-8-16-9-7-11/h2-9,15H,10H2,1H3/t15-/m1/s1. The van der Waals surface area contributed by atoms with Crippen molar-refractivity contribution in [3.63, 3.8) is 0 Å². The van der Waals surface area contributed by atoms with E-state index < -0.39 is 0 Å². The molecule has 3 rings (SSSR count). The lowest BCUT2D eigenvalue weighted by molar-refractivity contribution is -0.115. The smallest absolute Gasteiger partial charge is 0.238 e. The molecular weight excluding hydrogens is 272 g/mol. The first kappa shape index (κ1) is 13.0. The molecule has 102 valence electrons. The van der Waals surface area contributed by atoms with Crippen LogP contribution in [0, 0.1) is 0 Å². The highest BCUT2D eigenvalue weighted by Crippen LogP contribution is 2.41. The van der Waals surface area contributed by atoms with Gasteiger partial charge in [0.2, 0.25) is 5.91 Å². The first-order valence-corrected chi connectivity index (χ1v) is 7.32. The summed E-state index contributed by atoms with van der Waals surface area (Å²) in [4.78, 5) is 18.0. The van der Waals surface area contributed by atoms with Gasteiger partial charge in [0.05, 0.1) is 12.9 Å². The van der Waals surface area contributed by atoms with E-state index in [-0.39, 0.29) is 11.3 Å². The zero-order valence-corrected chi connectivity index (χ0v) is 11.8. The molecule has 1 saturated heterocycles. The Morgan fingerprint density at radius 3 is 2.55 bits per heavy atom. The Bertz CT molecular complexity index is 601. The molecule has 1 amide bonds. The van der Waals surface area contributed by atoms with Gasteiger partial charge in [0.1, 0.15) is 11.1 Å². The number of hydrogen-bond acceptors (Lipinski definition) is 4. The minimum Gasteiger partial charge on any atom is -0.497 e. The Balaban J connectivity index is 1.94. The predicted molar refractivity (Wildman–Crippen MR) is 79.9 cm³/mol. The van der Waals surface area contributed by atoms with Gasteiger partial charge in [-0.2, -0.15) is 0 Å². The molecule has 0 spiro atoms.